The molecule has 1 saturated carbocycles. The minimum absolute atomic E-state index is 0.106. The third kappa shape index (κ3) is 1.91. The van der Waals surface area contributed by atoms with Gasteiger partial charge in [0.1, 0.15) is 5.60 Å². The van der Waals surface area contributed by atoms with Crippen molar-refractivity contribution in [2.75, 3.05) is 0 Å². The average molecular weight is 232 g/mol. The molecule has 1 aliphatic carbocycles. The second kappa shape index (κ2) is 4.08. The number of Topliss-reactive ketones (excluding diaryl/α,β-unsaturated/α-hetero) is 2. The van der Waals surface area contributed by atoms with Gasteiger partial charge in [-0.15, -0.1) is 0 Å². The summed E-state index contributed by atoms with van der Waals surface area (Å²) in [7, 11) is 0. The van der Waals surface area contributed by atoms with Gasteiger partial charge in [-0.25, -0.2) is 0 Å². The Morgan fingerprint density at radius 2 is 1.94 bits per heavy atom. The third-order valence-corrected chi connectivity index (χ3v) is 3.59. The molecule has 1 aromatic carbocycles. The summed E-state index contributed by atoms with van der Waals surface area (Å²) in [6.45, 7) is 3.29. The average Bonchev–Trinajstić information content (AvgIpc) is 2.49. The Morgan fingerprint density at radius 3 is 2.41 bits per heavy atom. The van der Waals surface area contributed by atoms with Gasteiger partial charge in [0.25, 0.3) is 0 Å². The molecule has 0 bridgehead atoms. The number of carbonyl (C=O) groups is 2. The zero-order valence-electron chi connectivity index (χ0n) is 10.0. The molecule has 2 rings (SSSR count). The number of carbonyl (C=O) groups excluding carboxylic acids is 2. The van der Waals surface area contributed by atoms with Gasteiger partial charge in [-0.2, -0.15) is 0 Å². The zero-order chi connectivity index (χ0) is 12.6. The van der Waals surface area contributed by atoms with E-state index in [0.717, 1.165) is 0 Å². The summed E-state index contributed by atoms with van der Waals surface area (Å²) in [5.41, 5.74) is -0.967. The number of rotatable bonds is 2. The molecule has 3 atom stereocenters. The zero-order valence-corrected chi connectivity index (χ0v) is 10.0. The van der Waals surface area contributed by atoms with E-state index in [4.69, 9.17) is 0 Å². The van der Waals surface area contributed by atoms with Gasteiger partial charge in [0.2, 0.25) is 0 Å². The van der Waals surface area contributed by atoms with E-state index in [1.165, 1.54) is 6.92 Å². The Morgan fingerprint density at radius 1 is 1.35 bits per heavy atom. The lowest BCUT2D eigenvalue weighted by Crippen LogP contribution is -2.41. The van der Waals surface area contributed by atoms with E-state index >= 15 is 0 Å². The van der Waals surface area contributed by atoms with Crippen LogP contribution in [0.2, 0.25) is 0 Å². The van der Waals surface area contributed by atoms with E-state index < -0.39 is 11.5 Å². The number of aliphatic hydroxyl groups is 1. The van der Waals surface area contributed by atoms with Crippen LogP contribution in [0.15, 0.2) is 30.3 Å². The highest BCUT2D eigenvalue weighted by Crippen LogP contribution is 2.39. The van der Waals surface area contributed by atoms with E-state index in [2.05, 4.69) is 0 Å². The largest absolute Gasteiger partial charge is 0.382 e. The van der Waals surface area contributed by atoms with Crippen LogP contribution in [0.1, 0.15) is 30.6 Å². The van der Waals surface area contributed by atoms with E-state index in [1.54, 1.807) is 24.3 Å². The van der Waals surface area contributed by atoms with Crippen molar-refractivity contribution in [2.45, 2.75) is 25.9 Å². The fourth-order valence-electron chi connectivity index (χ4n) is 2.64. The normalized spacial score (nSPS) is 32.8. The van der Waals surface area contributed by atoms with Crippen LogP contribution in [-0.4, -0.2) is 22.3 Å². The molecule has 0 amide bonds. The smallest absolute Gasteiger partial charge is 0.169 e. The van der Waals surface area contributed by atoms with Crippen molar-refractivity contribution < 1.29 is 14.7 Å². The summed E-state index contributed by atoms with van der Waals surface area (Å²) in [5.74, 6) is -1.11. The quantitative estimate of drug-likeness (QED) is 0.792. The van der Waals surface area contributed by atoms with Crippen molar-refractivity contribution in [3.8, 4) is 0 Å². The first-order valence-corrected chi connectivity index (χ1v) is 5.79. The highest BCUT2D eigenvalue weighted by molar-refractivity contribution is 6.05. The molecule has 0 saturated heterocycles. The Hall–Kier alpha value is -1.48. The van der Waals surface area contributed by atoms with Gasteiger partial charge in [-0.05, 0) is 12.8 Å². The minimum atomic E-state index is -1.52. The highest BCUT2D eigenvalue weighted by atomic mass is 16.3. The molecule has 1 N–H and O–H groups in total. The maximum atomic E-state index is 12.3. The molecule has 3 nitrogen and oxygen atoms in total. The maximum Gasteiger partial charge on any atom is 0.169 e. The first-order valence-electron chi connectivity index (χ1n) is 5.79. The van der Waals surface area contributed by atoms with E-state index in [-0.39, 0.29) is 23.9 Å². The summed E-state index contributed by atoms with van der Waals surface area (Å²) in [5, 5.41) is 10.2. The molecule has 0 radical (unpaired) electrons. The van der Waals surface area contributed by atoms with E-state index in [1.807, 2.05) is 13.0 Å². The number of hydrogen-bond donors (Lipinski definition) is 1. The molecule has 0 spiro atoms. The van der Waals surface area contributed by atoms with Crippen LogP contribution in [-0.2, 0) is 4.79 Å². The number of benzene rings is 1. The van der Waals surface area contributed by atoms with Crippen molar-refractivity contribution in [1.29, 1.82) is 0 Å². The molecule has 3 heteroatoms. The Labute approximate surface area is 100 Å². The predicted octanol–water partition coefficient (Wildman–Crippen LogP) is 1.85. The van der Waals surface area contributed by atoms with Crippen LogP contribution in [0.4, 0.5) is 0 Å². The predicted molar refractivity (Wildman–Crippen MR) is 63.7 cm³/mol. The number of ketones is 2. The van der Waals surface area contributed by atoms with Gasteiger partial charge in [0.05, 0.1) is 5.92 Å². The lowest BCUT2D eigenvalue weighted by atomic mass is 9.81. The van der Waals surface area contributed by atoms with Crippen LogP contribution in [0.25, 0.3) is 0 Å². The SMILES string of the molecule is C[C@@H]1CC(=O)[C@](C)(O)[C@H]1C(=O)c1ccccc1. The van der Waals surface area contributed by atoms with Crippen LogP contribution >= 0.6 is 0 Å². The molecule has 0 unspecified atom stereocenters. The molecule has 1 aromatic rings. The Kier molecular flexibility index (Phi) is 2.87. The molecule has 0 heterocycles. The fourth-order valence-corrected chi connectivity index (χ4v) is 2.64. The van der Waals surface area contributed by atoms with Crippen molar-refractivity contribution in [2.24, 2.45) is 11.8 Å². The molecule has 90 valence electrons. The molecule has 17 heavy (non-hydrogen) atoms. The summed E-state index contributed by atoms with van der Waals surface area (Å²) in [4.78, 5) is 24.0. The summed E-state index contributed by atoms with van der Waals surface area (Å²) in [6.07, 6.45) is 0.274. The Balaban J connectivity index is 2.35. The van der Waals surface area contributed by atoms with Crippen molar-refractivity contribution in [3.63, 3.8) is 0 Å². The van der Waals surface area contributed by atoms with Gasteiger partial charge < -0.3 is 5.11 Å². The van der Waals surface area contributed by atoms with Gasteiger partial charge >= 0.3 is 0 Å². The lowest BCUT2D eigenvalue weighted by Gasteiger charge is -2.25. The van der Waals surface area contributed by atoms with Crippen molar-refractivity contribution >= 4 is 11.6 Å². The van der Waals surface area contributed by atoms with Gasteiger partial charge in [0, 0.05) is 12.0 Å². The monoisotopic (exact) mass is 232 g/mol. The van der Waals surface area contributed by atoms with Crippen molar-refractivity contribution in [1.82, 2.24) is 0 Å². The van der Waals surface area contributed by atoms with Gasteiger partial charge in [-0.3, -0.25) is 9.59 Å². The van der Waals surface area contributed by atoms with E-state index in [9.17, 15) is 14.7 Å². The van der Waals surface area contributed by atoms with Crippen LogP contribution in [0.3, 0.4) is 0 Å². The third-order valence-electron chi connectivity index (χ3n) is 3.59. The Bertz CT molecular complexity index is 448. The second-order valence-corrected chi connectivity index (χ2v) is 4.96. The van der Waals surface area contributed by atoms with Crippen molar-refractivity contribution in [3.05, 3.63) is 35.9 Å². The second-order valence-electron chi connectivity index (χ2n) is 4.96. The molecule has 0 aliphatic heterocycles. The maximum absolute atomic E-state index is 12.3. The number of hydrogen-bond acceptors (Lipinski definition) is 3. The minimum Gasteiger partial charge on any atom is -0.382 e. The highest BCUT2D eigenvalue weighted by Gasteiger charge is 2.52. The van der Waals surface area contributed by atoms with Gasteiger partial charge in [0.15, 0.2) is 11.6 Å². The molecule has 1 fully saturated rings. The summed E-state index contributed by atoms with van der Waals surface area (Å²) < 4.78 is 0. The van der Waals surface area contributed by atoms with E-state index in [0.29, 0.717) is 5.56 Å². The fraction of sp³-hybridized carbons (Fsp3) is 0.429. The molecule has 0 aromatic heterocycles. The summed E-state index contributed by atoms with van der Waals surface area (Å²) >= 11 is 0. The molecule has 1 aliphatic rings. The topological polar surface area (TPSA) is 54.4 Å². The standard InChI is InChI=1S/C14H16O3/c1-9-8-11(15)14(2,17)12(9)13(16)10-6-4-3-5-7-10/h3-7,9,12,17H,8H2,1-2H3/t9-,12-,14+/m1/s1. The first-order chi connectivity index (χ1) is 7.94. The van der Waals surface area contributed by atoms with Crippen LogP contribution < -0.4 is 0 Å². The van der Waals surface area contributed by atoms with Crippen LogP contribution in [0.5, 0.6) is 0 Å². The molecular weight excluding hydrogens is 216 g/mol. The molecular formula is C14H16O3. The summed E-state index contributed by atoms with van der Waals surface area (Å²) in [6, 6.07) is 8.83. The lowest BCUT2D eigenvalue weighted by molar-refractivity contribution is -0.133. The first kappa shape index (κ1) is 12.0. The van der Waals surface area contributed by atoms with Crippen LogP contribution in [0, 0.1) is 11.8 Å². The van der Waals surface area contributed by atoms with Gasteiger partial charge in [-0.1, -0.05) is 37.3 Å².